The number of aromatic nitrogens is 1. The Kier molecular flexibility index (Phi) is 6.95. The molecule has 3 rings (SSSR count). The molecule has 1 saturated heterocycles. The molecule has 2 heterocycles. The summed E-state index contributed by atoms with van der Waals surface area (Å²) in [6, 6.07) is 4.84. The fourth-order valence-corrected chi connectivity index (χ4v) is 4.31. The van der Waals surface area contributed by atoms with E-state index < -0.39 is 0 Å². The summed E-state index contributed by atoms with van der Waals surface area (Å²) < 4.78 is 0. The Morgan fingerprint density at radius 1 is 1.04 bits per heavy atom. The molecule has 3 nitrogen and oxygen atoms in total. The minimum Gasteiger partial charge on any atom is -0.367 e. The quantitative estimate of drug-likeness (QED) is 0.712. The van der Waals surface area contributed by atoms with E-state index in [1.54, 1.807) is 0 Å². The Labute approximate surface area is 148 Å². The molecule has 24 heavy (non-hydrogen) atoms. The molecule has 0 radical (unpaired) electrons. The van der Waals surface area contributed by atoms with Crippen molar-refractivity contribution in [2.75, 3.05) is 25.0 Å². The smallest absolute Gasteiger partial charge is 0.126 e. The Balaban J connectivity index is 1.27. The van der Waals surface area contributed by atoms with Gasteiger partial charge in [-0.2, -0.15) is 0 Å². The van der Waals surface area contributed by atoms with E-state index in [9.17, 15) is 0 Å². The molecule has 0 atom stereocenters. The number of hydrogen-bond donors (Lipinski definition) is 1. The molecule has 0 bridgehead atoms. The monoisotopic (exact) mass is 329 g/mol. The van der Waals surface area contributed by atoms with Gasteiger partial charge in [0.25, 0.3) is 0 Å². The van der Waals surface area contributed by atoms with E-state index in [-0.39, 0.29) is 0 Å². The fraction of sp³-hybridized carbons (Fsp3) is 0.762. The number of aryl methyl sites for hydroxylation is 1. The Bertz CT molecular complexity index is 456. The predicted octanol–water partition coefficient (Wildman–Crippen LogP) is 5.02. The first kappa shape index (κ1) is 17.7. The number of unbranched alkanes of at least 4 members (excludes halogenated alkanes) is 1. The maximum Gasteiger partial charge on any atom is 0.126 e. The number of rotatable bonds is 7. The summed E-state index contributed by atoms with van der Waals surface area (Å²) in [6.45, 7) is 5.88. The van der Waals surface area contributed by atoms with Crippen LogP contribution in [0.2, 0.25) is 0 Å². The van der Waals surface area contributed by atoms with E-state index in [1.807, 2.05) is 6.20 Å². The molecular weight excluding hydrogens is 294 g/mol. The summed E-state index contributed by atoms with van der Waals surface area (Å²) in [5.74, 6) is 2.09. The predicted molar refractivity (Wildman–Crippen MR) is 102 cm³/mol. The summed E-state index contributed by atoms with van der Waals surface area (Å²) in [7, 11) is 0. The maximum absolute atomic E-state index is 4.47. The van der Waals surface area contributed by atoms with Gasteiger partial charge in [-0.1, -0.05) is 51.0 Å². The summed E-state index contributed by atoms with van der Waals surface area (Å²) in [4.78, 5) is 7.14. The van der Waals surface area contributed by atoms with Crippen molar-refractivity contribution in [2.24, 2.45) is 5.92 Å². The van der Waals surface area contributed by atoms with Crippen molar-refractivity contribution >= 4 is 5.82 Å². The van der Waals surface area contributed by atoms with Gasteiger partial charge in [0, 0.05) is 25.3 Å². The summed E-state index contributed by atoms with van der Waals surface area (Å²) >= 11 is 0. The molecule has 134 valence electrons. The van der Waals surface area contributed by atoms with Crippen molar-refractivity contribution < 1.29 is 0 Å². The molecule has 1 aromatic heterocycles. The summed E-state index contributed by atoms with van der Waals surface area (Å²) in [5.41, 5.74) is 1.23. The highest BCUT2D eigenvalue weighted by Crippen LogP contribution is 2.27. The van der Waals surface area contributed by atoms with Crippen molar-refractivity contribution in [1.29, 1.82) is 0 Å². The SMILES string of the molecule is Cc1ccc(NC2CCN(CCCCC3CCCCC3)CC2)nc1. The van der Waals surface area contributed by atoms with Crippen LogP contribution in [-0.4, -0.2) is 35.6 Å². The number of pyridine rings is 1. The first-order chi connectivity index (χ1) is 11.8. The van der Waals surface area contributed by atoms with Crippen LogP contribution in [0.25, 0.3) is 0 Å². The molecule has 2 fully saturated rings. The number of nitrogens with zero attached hydrogens (tertiary/aromatic N) is 2. The van der Waals surface area contributed by atoms with Gasteiger partial charge in [0.1, 0.15) is 5.82 Å². The van der Waals surface area contributed by atoms with Crippen LogP contribution in [0.15, 0.2) is 18.3 Å². The normalized spacial score (nSPS) is 21.0. The number of piperidine rings is 1. The molecule has 1 N–H and O–H groups in total. The van der Waals surface area contributed by atoms with Gasteiger partial charge in [-0.15, -0.1) is 0 Å². The number of anilines is 1. The molecule has 2 aliphatic rings. The molecule has 1 aromatic rings. The number of nitrogens with one attached hydrogen (secondary N) is 1. The van der Waals surface area contributed by atoms with E-state index in [0.717, 1.165) is 11.7 Å². The Morgan fingerprint density at radius 3 is 2.54 bits per heavy atom. The lowest BCUT2D eigenvalue weighted by atomic mass is 9.86. The lowest BCUT2D eigenvalue weighted by molar-refractivity contribution is 0.211. The van der Waals surface area contributed by atoms with Gasteiger partial charge >= 0.3 is 0 Å². The van der Waals surface area contributed by atoms with Gasteiger partial charge in [-0.3, -0.25) is 0 Å². The van der Waals surface area contributed by atoms with Crippen LogP contribution >= 0.6 is 0 Å². The van der Waals surface area contributed by atoms with E-state index in [4.69, 9.17) is 0 Å². The zero-order valence-electron chi connectivity index (χ0n) is 15.5. The number of likely N-dealkylation sites (tertiary alicyclic amines) is 1. The molecule has 0 unspecified atom stereocenters. The van der Waals surface area contributed by atoms with E-state index in [2.05, 4.69) is 34.3 Å². The van der Waals surface area contributed by atoms with Gasteiger partial charge < -0.3 is 10.2 Å². The van der Waals surface area contributed by atoms with E-state index in [1.165, 1.54) is 89.4 Å². The van der Waals surface area contributed by atoms with Crippen molar-refractivity contribution in [3.63, 3.8) is 0 Å². The van der Waals surface area contributed by atoms with Crippen LogP contribution in [0.4, 0.5) is 5.82 Å². The third-order valence-electron chi connectivity index (χ3n) is 5.91. The highest BCUT2D eigenvalue weighted by molar-refractivity contribution is 5.36. The summed E-state index contributed by atoms with van der Waals surface area (Å²) in [5, 5.41) is 3.60. The second kappa shape index (κ2) is 9.41. The Hall–Kier alpha value is -1.09. The van der Waals surface area contributed by atoms with Gasteiger partial charge in [-0.05, 0) is 50.3 Å². The lowest BCUT2D eigenvalue weighted by Crippen LogP contribution is -2.39. The van der Waals surface area contributed by atoms with Gasteiger partial charge in [0.15, 0.2) is 0 Å². The average molecular weight is 330 g/mol. The third-order valence-corrected chi connectivity index (χ3v) is 5.91. The van der Waals surface area contributed by atoms with E-state index in [0.29, 0.717) is 6.04 Å². The molecule has 1 aliphatic heterocycles. The van der Waals surface area contributed by atoms with Gasteiger partial charge in [0.05, 0.1) is 0 Å². The minimum absolute atomic E-state index is 0.596. The van der Waals surface area contributed by atoms with Crippen molar-refractivity contribution in [3.8, 4) is 0 Å². The van der Waals surface area contributed by atoms with Crippen LogP contribution in [0.5, 0.6) is 0 Å². The average Bonchev–Trinajstić information content (AvgIpc) is 2.63. The van der Waals surface area contributed by atoms with E-state index >= 15 is 0 Å². The first-order valence-corrected chi connectivity index (χ1v) is 10.2. The zero-order valence-corrected chi connectivity index (χ0v) is 15.5. The molecule has 1 saturated carbocycles. The van der Waals surface area contributed by atoms with Crippen molar-refractivity contribution in [1.82, 2.24) is 9.88 Å². The van der Waals surface area contributed by atoms with Gasteiger partial charge in [0.2, 0.25) is 0 Å². The van der Waals surface area contributed by atoms with Crippen LogP contribution in [-0.2, 0) is 0 Å². The molecule has 0 spiro atoms. The highest BCUT2D eigenvalue weighted by atomic mass is 15.1. The Morgan fingerprint density at radius 2 is 1.83 bits per heavy atom. The van der Waals surface area contributed by atoms with Crippen LogP contribution in [0.1, 0.15) is 69.8 Å². The number of hydrogen-bond acceptors (Lipinski definition) is 3. The summed E-state index contributed by atoms with van der Waals surface area (Å²) in [6.07, 6.45) is 16.2. The zero-order chi connectivity index (χ0) is 16.6. The maximum atomic E-state index is 4.47. The molecular formula is C21H35N3. The first-order valence-electron chi connectivity index (χ1n) is 10.2. The fourth-order valence-electron chi connectivity index (χ4n) is 4.31. The molecule has 3 heteroatoms. The highest BCUT2D eigenvalue weighted by Gasteiger charge is 2.19. The van der Waals surface area contributed by atoms with Crippen LogP contribution < -0.4 is 5.32 Å². The second-order valence-electron chi connectivity index (χ2n) is 7.98. The lowest BCUT2D eigenvalue weighted by Gasteiger charge is -2.32. The second-order valence-corrected chi connectivity index (χ2v) is 7.98. The standard InChI is InChI=1S/C21H35N3/c1-18-10-11-21(22-17-18)23-20-12-15-24(16-13-20)14-6-5-9-19-7-3-2-4-8-19/h10-11,17,19-20H,2-9,12-16H2,1H3,(H,22,23). The van der Waals surface area contributed by atoms with Crippen molar-refractivity contribution in [2.45, 2.75) is 77.2 Å². The minimum atomic E-state index is 0.596. The molecule has 0 aromatic carbocycles. The third kappa shape index (κ3) is 5.77. The van der Waals surface area contributed by atoms with Gasteiger partial charge in [-0.25, -0.2) is 4.98 Å². The van der Waals surface area contributed by atoms with Crippen LogP contribution in [0.3, 0.4) is 0 Å². The molecule has 0 amide bonds. The van der Waals surface area contributed by atoms with Crippen molar-refractivity contribution in [3.05, 3.63) is 23.9 Å². The molecule has 1 aliphatic carbocycles. The van der Waals surface area contributed by atoms with Crippen LogP contribution in [0, 0.1) is 12.8 Å². The largest absolute Gasteiger partial charge is 0.367 e. The topological polar surface area (TPSA) is 28.2 Å².